The van der Waals surface area contributed by atoms with Crippen molar-refractivity contribution in [1.29, 1.82) is 0 Å². The number of thiophene rings is 1. The van der Waals surface area contributed by atoms with Crippen molar-refractivity contribution in [2.24, 2.45) is 5.92 Å². The molecule has 15 heavy (non-hydrogen) atoms. The zero-order chi connectivity index (χ0) is 10.7. The van der Waals surface area contributed by atoms with Gasteiger partial charge in [-0.2, -0.15) is 0 Å². The van der Waals surface area contributed by atoms with Gasteiger partial charge in [0.25, 0.3) is 0 Å². The Morgan fingerprint density at radius 1 is 1.47 bits per heavy atom. The van der Waals surface area contributed by atoms with Crippen LogP contribution >= 0.6 is 27.3 Å². The van der Waals surface area contributed by atoms with E-state index in [2.05, 4.69) is 32.3 Å². The molecule has 0 unspecified atom stereocenters. The zero-order valence-electron chi connectivity index (χ0n) is 8.66. The molecule has 1 saturated heterocycles. The fraction of sp³-hybridized carbons (Fsp3) is 0.636. The highest BCUT2D eigenvalue weighted by atomic mass is 79.9. The highest BCUT2D eigenvalue weighted by Gasteiger charge is 2.18. The lowest BCUT2D eigenvalue weighted by Gasteiger charge is -2.30. The van der Waals surface area contributed by atoms with Crippen molar-refractivity contribution in [2.45, 2.75) is 19.4 Å². The molecule has 1 aromatic rings. The molecular formula is C11H16BrNOS. The molecule has 1 aromatic heterocycles. The highest BCUT2D eigenvalue weighted by molar-refractivity contribution is 9.10. The number of rotatable bonds is 3. The van der Waals surface area contributed by atoms with Crippen molar-refractivity contribution in [1.82, 2.24) is 4.90 Å². The van der Waals surface area contributed by atoms with E-state index in [-0.39, 0.29) is 0 Å². The second kappa shape index (κ2) is 5.43. The molecule has 1 aliphatic rings. The lowest BCUT2D eigenvalue weighted by atomic mass is 9.98. The molecule has 0 aliphatic carbocycles. The molecule has 0 saturated carbocycles. The van der Waals surface area contributed by atoms with E-state index in [1.165, 1.54) is 9.35 Å². The Kier molecular flexibility index (Phi) is 4.20. The Hall–Kier alpha value is 0.1000. The molecule has 2 heterocycles. The van der Waals surface area contributed by atoms with Crippen molar-refractivity contribution in [3.63, 3.8) is 0 Å². The van der Waals surface area contributed by atoms with Crippen LogP contribution in [0, 0.1) is 5.92 Å². The summed E-state index contributed by atoms with van der Waals surface area (Å²) in [4.78, 5) is 3.90. The summed E-state index contributed by atoms with van der Waals surface area (Å²) in [6.07, 6.45) is 2.28. The molecule has 1 fully saturated rings. The smallest absolute Gasteiger partial charge is 0.0460 e. The first-order valence-electron chi connectivity index (χ1n) is 5.34. The maximum Gasteiger partial charge on any atom is 0.0460 e. The van der Waals surface area contributed by atoms with Gasteiger partial charge in [-0.25, -0.2) is 0 Å². The van der Waals surface area contributed by atoms with Crippen LogP contribution in [0.15, 0.2) is 15.9 Å². The Bertz CT molecular complexity index is 307. The number of piperidine rings is 1. The van der Waals surface area contributed by atoms with Crippen LogP contribution in [0.4, 0.5) is 0 Å². The quantitative estimate of drug-likeness (QED) is 0.925. The Morgan fingerprint density at radius 2 is 2.20 bits per heavy atom. The zero-order valence-corrected chi connectivity index (χ0v) is 11.1. The topological polar surface area (TPSA) is 23.5 Å². The van der Waals surface area contributed by atoms with E-state index in [9.17, 15) is 0 Å². The average molecular weight is 290 g/mol. The van der Waals surface area contributed by atoms with Gasteiger partial charge in [0.15, 0.2) is 0 Å². The second-order valence-electron chi connectivity index (χ2n) is 4.13. The van der Waals surface area contributed by atoms with Gasteiger partial charge in [0.1, 0.15) is 0 Å². The molecule has 84 valence electrons. The van der Waals surface area contributed by atoms with Crippen LogP contribution in [-0.2, 0) is 6.54 Å². The number of halogens is 1. The van der Waals surface area contributed by atoms with Crippen molar-refractivity contribution < 1.29 is 5.11 Å². The fourth-order valence-electron chi connectivity index (χ4n) is 1.98. The first kappa shape index (κ1) is 11.6. The molecule has 2 nitrogen and oxygen atoms in total. The molecule has 0 spiro atoms. The Morgan fingerprint density at radius 3 is 2.73 bits per heavy atom. The Balaban J connectivity index is 1.82. The monoisotopic (exact) mass is 289 g/mol. The van der Waals surface area contributed by atoms with Gasteiger partial charge in [0.05, 0.1) is 0 Å². The molecule has 0 radical (unpaired) electrons. The van der Waals surface area contributed by atoms with Crippen LogP contribution in [0.3, 0.4) is 0 Å². The summed E-state index contributed by atoms with van der Waals surface area (Å²) in [6, 6.07) is 2.20. The summed E-state index contributed by atoms with van der Waals surface area (Å²) in [5.74, 6) is 0.538. The minimum atomic E-state index is 0.360. The van der Waals surface area contributed by atoms with Crippen LogP contribution in [0.2, 0.25) is 0 Å². The standard InChI is InChI=1S/C11H16BrNOS/c12-10-5-11(15-8-10)6-13-3-1-9(7-14)2-4-13/h5,8-9,14H,1-4,6-7H2. The van der Waals surface area contributed by atoms with E-state index in [1.54, 1.807) is 0 Å². The lowest BCUT2D eigenvalue weighted by Crippen LogP contribution is -2.34. The van der Waals surface area contributed by atoms with Gasteiger partial charge in [-0.05, 0) is 53.8 Å². The molecule has 0 aromatic carbocycles. The summed E-state index contributed by atoms with van der Waals surface area (Å²) >= 11 is 5.29. The summed E-state index contributed by atoms with van der Waals surface area (Å²) in [6.45, 7) is 3.67. The van der Waals surface area contributed by atoms with Crippen molar-refractivity contribution in [3.8, 4) is 0 Å². The van der Waals surface area contributed by atoms with Gasteiger partial charge in [0.2, 0.25) is 0 Å². The molecule has 2 rings (SSSR count). The summed E-state index contributed by atoms with van der Waals surface area (Å²) < 4.78 is 1.19. The molecule has 0 atom stereocenters. The largest absolute Gasteiger partial charge is 0.396 e. The minimum Gasteiger partial charge on any atom is -0.396 e. The lowest BCUT2D eigenvalue weighted by molar-refractivity contribution is 0.128. The van der Waals surface area contributed by atoms with Crippen molar-refractivity contribution in [2.75, 3.05) is 19.7 Å². The average Bonchev–Trinajstić information content (AvgIpc) is 2.65. The second-order valence-corrected chi connectivity index (χ2v) is 6.04. The summed E-state index contributed by atoms with van der Waals surface area (Å²) in [5.41, 5.74) is 0. The maximum atomic E-state index is 9.05. The SMILES string of the molecule is OCC1CCN(Cc2cc(Br)cs2)CC1. The molecule has 0 amide bonds. The van der Waals surface area contributed by atoms with Gasteiger partial charge < -0.3 is 5.11 Å². The van der Waals surface area contributed by atoms with Crippen molar-refractivity contribution in [3.05, 3.63) is 20.8 Å². The van der Waals surface area contributed by atoms with E-state index in [4.69, 9.17) is 5.11 Å². The molecule has 1 N–H and O–H groups in total. The van der Waals surface area contributed by atoms with Gasteiger partial charge >= 0.3 is 0 Å². The summed E-state index contributed by atoms with van der Waals surface area (Å²) in [5, 5.41) is 11.2. The third-order valence-electron chi connectivity index (χ3n) is 2.97. The molecule has 1 aliphatic heterocycles. The van der Waals surface area contributed by atoms with Crippen LogP contribution in [-0.4, -0.2) is 29.7 Å². The van der Waals surface area contributed by atoms with Gasteiger partial charge in [-0.1, -0.05) is 0 Å². The third kappa shape index (κ3) is 3.28. The minimum absolute atomic E-state index is 0.360. The number of likely N-dealkylation sites (tertiary alicyclic amines) is 1. The Labute approximate surface area is 103 Å². The summed E-state index contributed by atoms with van der Waals surface area (Å²) in [7, 11) is 0. The van der Waals surface area contributed by atoms with Crippen LogP contribution in [0.5, 0.6) is 0 Å². The fourth-order valence-corrected chi connectivity index (χ4v) is 3.48. The number of hydrogen-bond acceptors (Lipinski definition) is 3. The third-order valence-corrected chi connectivity index (χ3v) is 4.65. The van der Waals surface area contributed by atoms with Gasteiger partial charge in [-0.15, -0.1) is 11.3 Å². The molecule has 4 heteroatoms. The number of hydrogen-bond donors (Lipinski definition) is 1. The maximum absolute atomic E-state index is 9.05. The van der Waals surface area contributed by atoms with Crippen LogP contribution in [0.25, 0.3) is 0 Å². The normalized spacial score (nSPS) is 19.6. The van der Waals surface area contributed by atoms with Crippen LogP contribution in [0.1, 0.15) is 17.7 Å². The first-order valence-corrected chi connectivity index (χ1v) is 7.01. The predicted octanol–water partition coefficient (Wildman–Crippen LogP) is 2.71. The van der Waals surface area contributed by atoms with Crippen LogP contribution < -0.4 is 0 Å². The van der Waals surface area contributed by atoms with E-state index in [1.807, 2.05) is 11.3 Å². The predicted molar refractivity (Wildman–Crippen MR) is 67.1 cm³/mol. The van der Waals surface area contributed by atoms with Crippen molar-refractivity contribution >= 4 is 27.3 Å². The van der Waals surface area contributed by atoms with E-state index < -0.39 is 0 Å². The molecular weight excluding hydrogens is 274 g/mol. The van der Waals surface area contributed by atoms with E-state index in [0.29, 0.717) is 12.5 Å². The van der Waals surface area contributed by atoms with E-state index in [0.717, 1.165) is 32.5 Å². The number of aliphatic hydroxyl groups excluding tert-OH is 1. The number of nitrogens with zero attached hydrogens (tertiary/aromatic N) is 1. The highest BCUT2D eigenvalue weighted by Crippen LogP contribution is 2.23. The molecule has 0 bridgehead atoms. The number of aliphatic hydroxyl groups is 1. The van der Waals surface area contributed by atoms with E-state index >= 15 is 0 Å². The van der Waals surface area contributed by atoms with Gasteiger partial charge in [-0.3, -0.25) is 4.90 Å². The van der Waals surface area contributed by atoms with Gasteiger partial charge in [0, 0.05) is 27.9 Å². The first-order chi connectivity index (χ1) is 7.28.